The monoisotopic (exact) mass is 425 g/mol. The zero-order chi connectivity index (χ0) is 20.1. The third-order valence-electron chi connectivity index (χ3n) is 6.52. The largest absolute Gasteiger partial charge is 0.488 e. The van der Waals surface area contributed by atoms with Crippen LogP contribution < -0.4 is 14.2 Å². The molecule has 4 atom stereocenters. The van der Waals surface area contributed by atoms with Gasteiger partial charge >= 0.3 is 0 Å². The second-order valence-electron chi connectivity index (χ2n) is 8.51. The van der Waals surface area contributed by atoms with E-state index in [4.69, 9.17) is 14.2 Å². The number of hydrogen-bond donors (Lipinski definition) is 1. The fourth-order valence-corrected chi connectivity index (χ4v) is 5.57. The third-order valence-corrected chi connectivity index (χ3v) is 7.07. The van der Waals surface area contributed by atoms with Gasteiger partial charge in [0.25, 0.3) is 0 Å². The van der Waals surface area contributed by atoms with Gasteiger partial charge in [0.1, 0.15) is 22.9 Å². The number of fused-ring (bicyclic) bond motifs is 3. The molecule has 2 aromatic carbocycles. The Bertz CT molecular complexity index is 1070. The number of rotatable bonds is 4. The summed E-state index contributed by atoms with van der Waals surface area (Å²) in [5.41, 5.74) is 3.20. The number of likely N-dealkylation sites (tertiary alicyclic amines) is 1. The van der Waals surface area contributed by atoms with Gasteiger partial charge < -0.3 is 19.3 Å². The van der Waals surface area contributed by atoms with E-state index in [1.54, 1.807) is 0 Å². The molecular weight excluding hydrogens is 402 g/mol. The highest BCUT2D eigenvalue weighted by atomic mass is 32.1. The van der Waals surface area contributed by atoms with Gasteiger partial charge in [-0.25, -0.2) is 0 Å². The van der Waals surface area contributed by atoms with Crippen molar-refractivity contribution in [3.8, 4) is 17.2 Å². The van der Waals surface area contributed by atoms with Gasteiger partial charge in [-0.05, 0) is 54.5 Å². The minimum atomic E-state index is -0.450. The lowest BCUT2D eigenvalue weighted by atomic mass is 9.78. The van der Waals surface area contributed by atoms with Crippen LogP contribution in [0.25, 0.3) is 11.0 Å². The Labute approximate surface area is 178 Å². The predicted octanol–water partition coefficient (Wildman–Crippen LogP) is 3.07. The number of benzene rings is 2. The molecule has 7 nitrogen and oxygen atoms in total. The molecule has 6 rings (SSSR count). The Kier molecular flexibility index (Phi) is 4.51. The molecule has 0 radical (unpaired) electrons. The van der Waals surface area contributed by atoms with E-state index in [0.29, 0.717) is 17.6 Å². The summed E-state index contributed by atoms with van der Waals surface area (Å²) >= 11 is 1.26. The molecule has 0 unspecified atom stereocenters. The van der Waals surface area contributed by atoms with Crippen molar-refractivity contribution in [1.82, 2.24) is 13.6 Å². The van der Waals surface area contributed by atoms with E-state index in [-0.39, 0.29) is 12.9 Å². The fourth-order valence-electron chi connectivity index (χ4n) is 5.05. The Morgan fingerprint density at radius 1 is 1.00 bits per heavy atom. The summed E-state index contributed by atoms with van der Waals surface area (Å²) in [5.74, 6) is 3.22. The second-order valence-corrected chi connectivity index (χ2v) is 9.04. The first kappa shape index (κ1) is 18.4. The zero-order valence-corrected chi connectivity index (χ0v) is 17.3. The van der Waals surface area contributed by atoms with E-state index in [2.05, 4.69) is 31.8 Å². The van der Waals surface area contributed by atoms with Crippen molar-refractivity contribution >= 4 is 22.8 Å². The predicted molar refractivity (Wildman–Crippen MR) is 112 cm³/mol. The highest BCUT2D eigenvalue weighted by Gasteiger charge is 2.42. The molecule has 0 spiro atoms. The average Bonchev–Trinajstić information content (AvgIpc) is 3.46. The minimum absolute atomic E-state index is 0.191. The summed E-state index contributed by atoms with van der Waals surface area (Å²) in [4.78, 5) is 2.49. The van der Waals surface area contributed by atoms with E-state index in [0.717, 1.165) is 55.0 Å². The van der Waals surface area contributed by atoms with Crippen LogP contribution in [0.3, 0.4) is 0 Å². The maximum Gasteiger partial charge on any atom is 0.231 e. The first-order chi connectivity index (χ1) is 14.7. The molecule has 2 aliphatic heterocycles. The van der Waals surface area contributed by atoms with Gasteiger partial charge in [-0.3, -0.25) is 4.90 Å². The quantitative estimate of drug-likeness (QED) is 0.688. The smallest absolute Gasteiger partial charge is 0.231 e. The third kappa shape index (κ3) is 3.38. The average molecular weight is 426 g/mol. The molecule has 1 N–H and O–H groups in total. The molecule has 1 saturated carbocycles. The molecule has 1 aromatic heterocycles. The highest BCUT2D eigenvalue weighted by molar-refractivity contribution is 7.00. The van der Waals surface area contributed by atoms with E-state index < -0.39 is 6.10 Å². The van der Waals surface area contributed by atoms with Gasteiger partial charge in [-0.2, -0.15) is 8.75 Å². The fraction of sp³-hybridized carbons (Fsp3) is 0.455. The summed E-state index contributed by atoms with van der Waals surface area (Å²) in [5, 5.41) is 10.7. The van der Waals surface area contributed by atoms with Gasteiger partial charge in [0.2, 0.25) is 6.79 Å². The normalized spacial score (nSPS) is 28.0. The molecule has 2 fully saturated rings. The minimum Gasteiger partial charge on any atom is -0.488 e. The van der Waals surface area contributed by atoms with Crippen LogP contribution in [0.15, 0.2) is 36.4 Å². The molecule has 3 aromatic rings. The van der Waals surface area contributed by atoms with Gasteiger partial charge in [-0.15, -0.1) is 0 Å². The lowest BCUT2D eigenvalue weighted by molar-refractivity contribution is -0.0232. The van der Waals surface area contributed by atoms with Crippen LogP contribution in [0, 0.1) is 11.8 Å². The second kappa shape index (κ2) is 7.37. The summed E-state index contributed by atoms with van der Waals surface area (Å²) in [6, 6.07) is 11.9. The molecule has 3 aliphatic rings. The molecule has 1 aliphatic carbocycles. The zero-order valence-electron chi connectivity index (χ0n) is 16.4. The van der Waals surface area contributed by atoms with Crippen molar-refractivity contribution in [1.29, 1.82) is 0 Å². The number of aliphatic hydroxyl groups is 1. The van der Waals surface area contributed by atoms with Gasteiger partial charge in [0, 0.05) is 25.7 Å². The summed E-state index contributed by atoms with van der Waals surface area (Å²) in [6.07, 6.45) is 1.01. The Balaban J connectivity index is 1.11. The molecule has 8 heteroatoms. The molecule has 3 heterocycles. The van der Waals surface area contributed by atoms with E-state index >= 15 is 0 Å². The van der Waals surface area contributed by atoms with Crippen molar-refractivity contribution < 1.29 is 19.3 Å². The van der Waals surface area contributed by atoms with E-state index in [1.807, 2.05) is 18.2 Å². The van der Waals surface area contributed by atoms with Gasteiger partial charge in [0.15, 0.2) is 11.5 Å². The Morgan fingerprint density at radius 2 is 1.83 bits per heavy atom. The highest BCUT2D eigenvalue weighted by Crippen LogP contribution is 2.40. The first-order valence-electron chi connectivity index (χ1n) is 10.4. The van der Waals surface area contributed by atoms with Crippen molar-refractivity contribution in [2.75, 3.05) is 19.9 Å². The van der Waals surface area contributed by atoms with Crippen LogP contribution in [-0.2, 0) is 6.54 Å². The van der Waals surface area contributed by atoms with Crippen LogP contribution in [0.4, 0.5) is 0 Å². The Morgan fingerprint density at radius 3 is 2.77 bits per heavy atom. The van der Waals surface area contributed by atoms with Gasteiger partial charge in [0.05, 0.1) is 17.8 Å². The van der Waals surface area contributed by atoms with Crippen LogP contribution >= 0.6 is 11.7 Å². The van der Waals surface area contributed by atoms with Crippen LogP contribution in [0.1, 0.15) is 18.4 Å². The Hall–Kier alpha value is -2.42. The molecule has 1 saturated heterocycles. The lowest BCUT2D eigenvalue weighted by Gasteiger charge is -2.35. The molecule has 0 amide bonds. The number of aliphatic hydroxyl groups excluding tert-OH is 1. The first-order valence-corrected chi connectivity index (χ1v) is 11.1. The molecular formula is C22H23N3O4S. The standard InChI is InChI=1S/C22H23N3O4S/c26-19-6-14-10-25(9-13-1-3-17-18(5-13)24-30-23-17)11-15(14)7-21(19)29-16-2-4-20-22(8-16)28-12-27-20/h1-5,8,14-15,19,21,26H,6-7,9-12H2/t14-,15+,19+,21+/m0/s1. The van der Waals surface area contributed by atoms with Crippen LogP contribution in [-0.4, -0.2) is 50.8 Å². The number of hydrogen-bond acceptors (Lipinski definition) is 8. The molecule has 30 heavy (non-hydrogen) atoms. The van der Waals surface area contributed by atoms with Gasteiger partial charge in [-0.1, -0.05) is 6.07 Å². The topological polar surface area (TPSA) is 76.9 Å². The van der Waals surface area contributed by atoms with E-state index in [9.17, 15) is 5.11 Å². The van der Waals surface area contributed by atoms with Crippen molar-refractivity contribution in [3.63, 3.8) is 0 Å². The summed E-state index contributed by atoms with van der Waals surface area (Å²) in [7, 11) is 0. The molecule has 0 bridgehead atoms. The number of nitrogens with zero attached hydrogens (tertiary/aromatic N) is 3. The lowest BCUT2D eigenvalue weighted by Crippen LogP contribution is -2.42. The summed E-state index contributed by atoms with van der Waals surface area (Å²) < 4.78 is 25.6. The number of aromatic nitrogens is 2. The van der Waals surface area contributed by atoms with E-state index in [1.165, 1.54) is 17.3 Å². The maximum atomic E-state index is 10.7. The van der Waals surface area contributed by atoms with Crippen LogP contribution in [0.5, 0.6) is 17.2 Å². The van der Waals surface area contributed by atoms with Crippen molar-refractivity contribution in [3.05, 3.63) is 42.0 Å². The maximum absolute atomic E-state index is 10.7. The van der Waals surface area contributed by atoms with Crippen molar-refractivity contribution in [2.24, 2.45) is 11.8 Å². The number of ether oxygens (including phenoxy) is 3. The molecule has 156 valence electrons. The van der Waals surface area contributed by atoms with Crippen molar-refractivity contribution in [2.45, 2.75) is 31.6 Å². The SMILES string of the molecule is O[C@@H]1C[C@H]2CN(Cc3ccc4nsnc4c3)C[C@H]2C[C@H]1Oc1ccc2c(c1)OCO2. The van der Waals surface area contributed by atoms with Crippen LogP contribution in [0.2, 0.25) is 0 Å². The summed E-state index contributed by atoms with van der Waals surface area (Å²) in [6.45, 7) is 3.21.